The van der Waals surface area contributed by atoms with Crippen molar-refractivity contribution in [1.82, 2.24) is 15.8 Å². The number of ether oxygens (including phenoxy) is 2. The summed E-state index contributed by atoms with van der Waals surface area (Å²) in [6, 6.07) is 7.35. The average molecular weight is 523 g/mol. The second-order valence-electron chi connectivity index (χ2n) is 11.4. The third-order valence-electron chi connectivity index (χ3n) is 5.74. The van der Waals surface area contributed by atoms with E-state index < -0.39 is 17.3 Å². The lowest BCUT2D eigenvalue weighted by Crippen LogP contribution is -2.44. The number of hydrogen-bond acceptors (Lipinski definition) is 6. The summed E-state index contributed by atoms with van der Waals surface area (Å²) in [6.45, 7) is 12.2. The lowest BCUT2D eigenvalue weighted by molar-refractivity contribution is -0.121. The van der Waals surface area contributed by atoms with Gasteiger partial charge in [0.2, 0.25) is 5.91 Å². The molecule has 0 bridgehead atoms. The fraction of sp³-hybridized carbons (Fsp3) is 0.517. The highest BCUT2D eigenvalue weighted by Gasteiger charge is 2.29. The molecule has 0 unspecified atom stereocenters. The van der Waals surface area contributed by atoms with Crippen LogP contribution >= 0.6 is 0 Å². The van der Waals surface area contributed by atoms with E-state index >= 15 is 0 Å². The van der Waals surface area contributed by atoms with Crippen LogP contribution in [0.25, 0.3) is 0 Å². The maximum Gasteiger partial charge on any atom is 0.426 e. The Labute approximate surface area is 225 Å². The van der Waals surface area contributed by atoms with Crippen molar-refractivity contribution in [2.45, 2.75) is 78.4 Å². The van der Waals surface area contributed by atoms with Gasteiger partial charge in [-0.3, -0.25) is 10.2 Å². The zero-order chi connectivity index (χ0) is 27.9. The first kappa shape index (κ1) is 28.8. The Balaban J connectivity index is 1.45. The van der Waals surface area contributed by atoms with Crippen LogP contribution in [0.2, 0.25) is 0 Å². The van der Waals surface area contributed by atoms with Gasteiger partial charge in [-0.05, 0) is 84.1 Å². The van der Waals surface area contributed by atoms with Gasteiger partial charge < -0.3 is 14.4 Å². The smallest absolute Gasteiger partial charge is 0.426 e. The lowest BCUT2D eigenvalue weighted by atomic mass is 9.91. The normalized spacial score (nSPS) is 16.0. The zero-order valence-electron chi connectivity index (χ0n) is 23.1. The van der Waals surface area contributed by atoms with E-state index in [0.717, 1.165) is 41.8 Å². The number of benzene rings is 1. The minimum atomic E-state index is -0.713. The number of likely N-dealkylation sites (tertiary alicyclic amines) is 1. The molecule has 2 aliphatic heterocycles. The van der Waals surface area contributed by atoms with Gasteiger partial charge in [-0.1, -0.05) is 18.1 Å². The van der Waals surface area contributed by atoms with Crippen molar-refractivity contribution in [1.29, 1.82) is 0 Å². The van der Waals surface area contributed by atoms with Gasteiger partial charge in [0.05, 0.1) is 6.42 Å². The average Bonchev–Trinajstić information content (AvgIpc) is 3.29. The van der Waals surface area contributed by atoms with E-state index in [-0.39, 0.29) is 18.4 Å². The van der Waals surface area contributed by atoms with E-state index in [9.17, 15) is 14.4 Å². The van der Waals surface area contributed by atoms with Crippen molar-refractivity contribution in [3.63, 3.8) is 0 Å². The second kappa shape index (κ2) is 12.2. The number of nitrogens with one attached hydrogen (secondary N) is 2. The van der Waals surface area contributed by atoms with Crippen LogP contribution in [0.5, 0.6) is 0 Å². The van der Waals surface area contributed by atoms with Crippen molar-refractivity contribution < 1.29 is 23.9 Å². The van der Waals surface area contributed by atoms with Crippen LogP contribution in [0.4, 0.5) is 9.59 Å². The molecule has 38 heavy (non-hydrogen) atoms. The molecule has 0 aliphatic carbocycles. The van der Waals surface area contributed by atoms with Crippen LogP contribution in [0, 0.1) is 17.8 Å². The predicted octanol–water partition coefficient (Wildman–Crippen LogP) is 4.51. The first-order chi connectivity index (χ1) is 17.8. The Bertz CT molecular complexity index is 1150. The molecule has 9 nitrogen and oxygen atoms in total. The molecule has 0 spiro atoms. The van der Waals surface area contributed by atoms with Gasteiger partial charge in [0.15, 0.2) is 0 Å². The maximum absolute atomic E-state index is 12.3. The van der Waals surface area contributed by atoms with Crippen LogP contribution in [-0.2, 0) is 20.7 Å². The molecule has 9 heteroatoms. The number of rotatable bonds is 3. The third kappa shape index (κ3) is 9.58. The number of hydrazine groups is 1. The van der Waals surface area contributed by atoms with Crippen molar-refractivity contribution >= 4 is 23.8 Å². The standard InChI is InChI=1S/C29H38N4O5/c1-28(2,3)37-26(35)32-31-25(34)19-21-9-7-20(8-10-21)11-12-23-13-14-24(30-23)22-15-17-33(18-16-22)27(36)38-29(4,5)6/h7-10,13,22H,14-19H2,1-6H3,(H,31,34)(H,32,35). The highest BCUT2D eigenvalue weighted by atomic mass is 16.6. The Morgan fingerprint density at radius 2 is 1.58 bits per heavy atom. The van der Waals surface area contributed by atoms with E-state index in [1.54, 1.807) is 25.7 Å². The second-order valence-corrected chi connectivity index (χ2v) is 11.4. The molecular formula is C29H38N4O5. The molecule has 0 atom stereocenters. The molecule has 3 rings (SSSR count). The summed E-state index contributed by atoms with van der Waals surface area (Å²) in [6.07, 6.45) is 3.71. The minimum absolute atomic E-state index is 0.106. The molecule has 0 aromatic heterocycles. The molecule has 2 heterocycles. The van der Waals surface area contributed by atoms with Crippen LogP contribution in [-0.4, -0.2) is 53.0 Å². The molecule has 2 aliphatic rings. The topological polar surface area (TPSA) is 109 Å². The van der Waals surface area contributed by atoms with Crippen LogP contribution in [0.3, 0.4) is 0 Å². The number of aliphatic imine (C=N–C) groups is 1. The molecule has 2 N–H and O–H groups in total. The fourth-order valence-electron chi connectivity index (χ4n) is 4.00. The maximum atomic E-state index is 12.3. The molecule has 1 fully saturated rings. The van der Waals surface area contributed by atoms with Gasteiger partial charge in [-0.15, -0.1) is 0 Å². The van der Waals surface area contributed by atoms with E-state index in [1.165, 1.54) is 0 Å². The van der Waals surface area contributed by atoms with Crippen LogP contribution in [0.1, 0.15) is 71.9 Å². The fourth-order valence-corrected chi connectivity index (χ4v) is 4.00. The Hall–Kier alpha value is -3.80. The molecule has 3 amide bonds. The van der Waals surface area contributed by atoms with Gasteiger partial charge in [0, 0.05) is 36.7 Å². The first-order valence-electron chi connectivity index (χ1n) is 12.9. The van der Waals surface area contributed by atoms with Crippen molar-refractivity contribution in [2.75, 3.05) is 13.1 Å². The van der Waals surface area contributed by atoms with Gasteiger partial charge in [-0.2, -0.15) is 0 Å². The van der Waals surface area contributed by atoms with E-state index in [2.05, 4.69) is 22.7 Å². The molecule has 204 valence electrons. The summed E-state index contributed by atoms with van der Waals surface area (Å²) in [7, 11) is 0. The number of amides is 3. The zero-order valence-corrected chi connectivity index (χ0v) is 23.1. The summed E-state index contributed by atoms with van der Waals surface area (Å²) in [5.74, 6) is 6.25. The number of carbonyl (C=O) groups excluding carboxylic acids is 3. The highest BCUT2D eigenvalue weighted by molar-refractivity contribution is 5.92. The van der Waals surface area contributed by atoms with E-state index in [4.69, 9.17) is 14.5 Å². The number of nitrogens with zero attached hydrogens (tertiary/aromatic N) is 2. The summed E-state index contributed by atoms with van der Waals surface area (Å²) in [5, 5.41) is 0. The number of piperidine rings is 1. The monoisotopic (exact) mass is 522 g/mol. The Morgan fingerprint density at radius 1 is 0.947 bits per heavy atom. The molecule has 1 saturated heterocycles. The van der Waals surface area contributed by atoms with Crippen molar-refractivity contribution in [3.8, 4) is 11.8 Å². The Morgan fingerprint density at radius 3 is 2.18 bits per heavy atom. The number of carbonyl (C=O) groups is 3. The summed E-state index contributed by atoms with van der Waals surface area (Å²) in [5.41, 5.74) is 6.93. The molecule has 1 aromatic carbocycles. The van der Waals surface area contributed by atoms with Crippen LogP contribution in [0.15, 0.2) is 41.0 Å². The highest BCUT2D eigenvalue weighted by Crippen LogP contribution is 2.26. The molecular weight excluding hydrogens is 484 g/mol. The number of hydrogen-bond donors (Lipinski definition) is 2. The van der Waals surface area contributed by atoms with Crippen molar-refractivity contribution in [2.24, 2.45) is 10.9 Å². The summed E-state index contributed by atoms with van der Waals surface area (Å²) in [4.78, 5) is 42.5. The Kier molecular flexibility index (Phi) is 9.21. The minimum Gasteiger partial charge on any atom is -0.444 e. The van der Waals surface area contributed by atoms with Gasteiger partial charge in [-0.25, -0.2) is 20.0 Å². The van der Waals surface area contributed by atoms with E-state index in [0.29, 0.717) is 19.0 Å². The molecule has 0 saturated carbocycles. The SMILES string of the molecule is CC(C)(C)OC(=O)NNC(=O)Cc1ccc(C#CC2=CCC(C3CCN(C(=O)OC(C)(C)C)CC3)=N2)cc1. The lowest BCUT2D eigenvalue weighted by Gasteiger charge is -2.33. The summed E-state index contributed by atoms with van der Waals surface area (Å²) < 4.78 is 10.6. The van der Waals surface area contributed by atoms with Crippen molar-refractivity contribution in [3.05, 3.63) is 47.2 Å². The van der Waals surface area contributed by atoms with Crippen LogP contribution < -0.4 is 10.9 Å². The van der Waals surface area contributed by atoms with Gasteiger partial charge in [0.1, 0.15) is 16.9 Å². The van der Waals surface area contributed by atoms with Gasteiger partial charge >= 0.3 is 12.2 Å². The largest absolute Gasteiger partial charge is 0.444 e. The molecule has 0 radical (unpaired) electrons. The molecule has 1 aromatic rings. The quantitative estimate of drug-likeness (QED) is 0.448. The summed E-state index contributed by atoms with van der Waals surface area (Å²) >= 11 is 0. The number of allylic oxidation sites excluding steroid dienone is 2. The predicted molar refractivity (Wildman–Crippen MR) is 145 cm³/mol. The van der Waals surface area contributed by atoms with E-state index in [1.807, 2.05) is 51.1 Å². The first-order valence-corrected chi connectivity index (χ1v) is 12.9. The van der Waals surface area contributed by atoms with Gasteiger partial charge in [0.25, 0.3) is 0 Å². The third-order valence-corrected chi connectivity index (χ3v) is 5.74.